The topological polar surface area (TPSA) is 47.2 Å². The van der Waals surface area contributed by atoms with Gasteiger partial charge in [0.1, 0.15) is 5.76 Å². The molecule has 0 bridgehead atoms. The van der Waals surface area contributed by atoms with Crippen molar-refractivity contribution in [3.8, 4) is 0 Å². The number of rotatable bonds is 5. The number of nitrogens with one attached hydrogen (secondary N) is 1. The highest BCUT2D eigenvalue weighted by Gasteiger charge is 2.11. The third-order valence-electron chi connectivity index (χ3n) is 3.61. The summed E-state index contributed by atoms with van der Waals surface area (Å²) < 4.78 is 7.39. The van der Waals surface area contributed by atoms with Crippen LogP contribution >= 0.6 is 0 Å². The Morgan fingerprint density at radius 3 is 2.90 bits per heavy atom. The second-order valence-corrected chi connectivity index (χ2v) is 5.12. The Morgan fingerprint density at radius 1 is 1.24 bits per heavy atom. The van der Waals surface area contributed by atoms with Crippen molar-refractivity contribution < 1.29 is 9.21 Å². The number of carbonyl (C=O) groups is 1. The number of para-hydroxylation sites is 1. The van der Waals surface area contributed by atoms with E-state index < -0.39 is 0 Å². The summed E-state index contributed by atoms with van der Waals surface area (Å²) in [4.78, 5) is 12.0. The summed E-state index contributed by atoms with van der Waals surface area (Å²) in [6.07, 6.45) is 4.08. The zero-order valence-electron chi connectivity index (χ0n) is 12.0. The maximum Gasteiger partial charge on any atom is 0.222 e. The molecular formula is C17H18N2O2. The molecule has 0 saturated heterocycles. The first-order valence-electron chi connectivity index (χ1n) is 7.10. The van der Waals surface area contributed by atoms with Gasteiger partial charge in [0.05, 0.1) is 12.3 Å². The largest absolute Gasteiger partial charge is 0.467 e. The predicted octanol–water partition coefficient (Wildman–Crippen LogP) is 3.50. The third kappa shape index (κ3) is 2.99. The van der Waals surface area contributed by atoms with Gasteiger partial charge in [-0.15, -0.1) is 0 Å². The molecule has 108 valence electrons. The number of nitrogens with zero attached hydrogens (tertiary/aromatic N) is 1. The highest BCUT2D eigenvalue weighted by Crippen LogP contribution is 2.16. The lowest BCUT2D eigenvalue weighted by molar-refractivity contribution is -0.122. The van der Waals surface area contributed by atoms with Crippen LogP contribution < -0.4 is 5.32 Å². The first-order valence-corrected chi connectivity index (χ1v) is 7.10. The van der Waals surface area contributed by atoms with Gasteiger partial charge in [0.25, 0.3) is 0 Å². The molecule has 0 spiro atoms. The quantitative estimate of drug-likeness (QED) is 0.778. The fourth-order valence-corrected chi connectivity index (χ4v) is 2.48. The summed E-state index contributed by atoms with van der Waals surface area (Å²) in [6, 6.07) is 13.8. The average Bonchev–Trinajstić information content (AvgIpc) is 3.15. The van der Waals surface area contributed by atoms with E-state index in [0.29, 0.717) is 13.0 Å². The van der Waals surface area contributed by atoms with E-state index in [9.17, 15) is 4.79 Å². The van der Waals surface area contributed by atoms with Crippen LogP contribution in [0, 0.1) is 0 Å². The molecule has 0 radical (unpaired) electrons. The van der Waals surface area contributed by atoms with Gasteiger partial charge in [0.15, 0.2) is 0 Å². The Morgan fingerprint density at radius 2 is 2.10 bits per heavy atom. The van der Waals surface area contributed by atoms with Crippen LogP contribution in [0.25, 0.3) is 10.9 Å². The zero-order valence-corrected chi connectivity index (χ0v) is 12.0. The van der Waals surface area contributed by atoms with E-state index in [4.69, 9.17) is 4.42 Å². The highest BCUT2D eigenvalue weighted by atomic mass is 16.3. The number of fused-ring (bicyclic) bond motifs is 1. The van der Waals surface area contributed by atoms with Gasteiger partial charge in [0, 0.05) is 24.7 Å². The minimum Gasteiger partial charge on any atom is -0.467 e. The van der Waals surface area contributed by atoms with Gasteiger partial charge in [-0.05, 0) is 36.6 Å². The number of furan rings is 1. The normalized spacial score (nSPS) is 12.4. The summed E-state index contributed by atoms with van der Waals surface area (Å²) in [7, 11) is 0. The first kappa shape index (κ1) is 13.5. The van der Waals surface area contributed by atoms with E-state index in [2.05, 4.69) is 28.1 Å². The van der Waals surface area contributed by atoms with Crippen molar-refractivity contribution in [3.63, 3.8) is 0 Å². The minimum atomic E-state index is -0.103. The Labute approximate surface area is 123 Å². The highest BCUT2D eigenvalue weighted by molar-refractivity contribution is 5.80. The standard InChI is InChI=1S/C17H18N2O2/c1-13(16-7-4-12-21-16)18-17(20)9-11-19-10-8-14-5-2-3-6-15(14)19/h2-8,10,12-13H,9,11H2,1H3,(H,18,20). The number of hydrogen-bond donors (Lipinski definition) is 1. The van der Waals surface area contributed by atoms with Crippen molar-refractivity contribution >= 4 is 16.8 Å². The van der Waals surface area contributed by atoms with Crippen molar-refractivity contribution in [3.05, 3.63) is 60.7 Å². The second kappa shape index (κ2) is 5.87. The van der Waals surface area contributed by atoms with E-state index in [1.165, 1.54) is 5.39 Å². The smallest absolute Gasteiger partial charge is 0.222 e. The molecule has 1 atom stereocenters. The Bertz CT molecular complexity index is 728. The van der Waals surface area contributed by atoms with Crippen molar-refractivity contribution in [1.29, 1.82) is 0 Å². The summed E-state index contributed by atoms with van der Waals surface area (Å²) >= 11 is 0. The van der Waals surface area contributed by atoms with E-state index >= 15 is 0 Å². The van der Waals surface area contributed by atoms with Crippen LogP contribution in [0.15, 0.2) is 59.3 Å². The Hall–Kier alpha value is -2.49. The van der Waals surface area contributed by atoms with Crippen LogP contribution in [0.1, 0.15) is 25.1 Å². The zero-order chi connectivity index (χ0) is 14.7. The lowest BCUT2D eigenvalue weighted by atomic mass is 10.2. The number of aryl methyl sites for hydroxylation is 1. The van der Waals surface area contributed by atoms with E-state index in [0.717, 1.165) is 11.3 Å². The van der Waals surface area contributed by atoms with Crippen LogP contribution in [0.2, 0.25) is 0 Å². The van der Waals surface area contributed by atoms with Crippen LogP contribution in [-0.4, -0.2) is 10.5 Å². The lowest BCUT2D eigenvalue weighted by Gasteiger charge is -2.12. The van der Waals surface area contributed by atoms with E-state index in [1.54, 1.807) is 6.26 Å². The second-order valence-electron chi connectivity index (χ2n) is 5.12. The molecule has 0 aliphatic rings. The average molecular weight is 282 g/mol. The van der Waals surface area contributed by atoms with Gasteiger partial charge in [0.2, 0.25) is 5.91 Å². The third-order valence-corrected chi connectivity index (χ3v) is 3.61. The molecule has 1 amide bonds. The van der Waals surface area contributed by atoms with Gasteiger partial charge < -0.3 is 14.3 Å². The number of aromatic nitrogens is 1. The molecule has 0 aliphatic heterocycles. The molecule has 0 saturated carbocycles. The van der Waals surface area contributed by atoms with Crippen molar-refractivity contribution in [1.82, 2.24) is 9.88 Å². The monoisotopic (exact) mass is 282 g/mol. The molecule has 0 aliphatic carbocycles. The van der Waals surface area contributed by atoms with Crippen molar-refractivity contribution in [2.75, 3.05) is 0 Å². The molecule has 21 heavy (non-hydrogen) atoms. The van der Waals surface area contributed by atoms with Crippen LogP contribution in [-0.2, 0) is 11.3 Å². The molecule has 2 heterocycles. The van der Waals surface area contributed by atoms with Crippen LogP contribution in [0.5, 0.6) is 0 Å². The van der Waals surface area contributed by atoms with Gasteiger partial charge in [-0.25, -0.2) is 0 Å². The predicted molar refractivity (Wildman–Crippen MR) is 81.8 cm³/mol. The first-order chi connectivity index (χ1) is 10.2. The molecule has 4 heteroatoms. The molecule has 0 fully saturated rings. The summed E-state index contributed by atoms with van der Waals surface area (Å²) in [5.74, 6) is 0.798. The molecule has 1 N–H and O–H groups in total. The van der Waals surface area contributed by atoms with E-state index in [1.807, 2.05) is 37.4 Å². The molecule has 3 aromatic rings. The lowest BCUT2D eigenvalue weighted by Crippen LogP contribution is -2.27. The molecule has 1 unspecified atom stereocenters. The fourth-order valence-electron chi connectivity index (χ4n) is 2.48. The number of amides is 1. The summed E-state index contributed by atoms with van der Waals surface area (Å²) in [6.45, 7) is 2.59. The van der Waals surface area contributed by atoms with Gasteiger partial charge in [-0.2, -0.15) is 0 Å². The molecule has 2 aromatic heterocycles. The SMILES string of the molecule is CC(NC(=O)CCn1ccc2ccccc21)c1ccco1. The van der Waals surface area contributed by atoms with Gasteiger partial charge >= 0.3 is 0 Å². The van der Waals surface area contributed by atoms with Crippen molar-refractivity contribution in [2.24, 2.45) is 0 Å². The molecular weight excluding hydrogens is 264 g/mol. The van der Waals surface area contributed by atoms with Gasteiger partial charge in [-0.3, -0.25) is 4.79 Å². The van der Waals surface area contributed by atoms with E-state index in [-0.39, 0.29) is 11.9 Å². The Balaban J connectivity index is 1.58. The van der Waals surface area contributed by atoms with Crippen LogP contribution in [0.3, 0.4) is 0 Å². The maximum atomic E-state index is 12.0. The van der Waals surface area contributed by atoms with Gasteiger partial charge in [-0.1, -0.05) is 18.2 Å². The number of benzene rings is 1. The molecule has 4 nitrogen and oxygen atoms in total. The summed E-state index contributed by atoms with van der Waals surface area (Å²) in [5, 5.41) is 4.14. The van der Waals surface area contributed by atoms with Crippen LogP contribution in [0.4, 0.5) is 0 Å². The van der Waals surface area contributed by atoms with Crippen molar-refractivity contribution in [2.45, 2.75) is 25.9 Å². The number of carbonyl (C=O) groups excluding carboxylic acids is 1. The fraction of sp³-hybridized carbons (Fsp3) is 0.235. The number of hydrogen-bond acceptors (Lipinski definition) is 2. The summed E-state index contributed by atoms with van der Waals surface area (Å²) in [5.41, 5.74) is 1.16. The molecule has 3 rings (SSSR count). The maximum absolute atomic E-state index is 12.0. The minimum absolute atomic E-state index is 0.0247. The Kier molecular flexibility index (Phi) is 3.77. The molecule has 1 aromatic carbocycles.